The van der Waals surface area contributed by atoms with Gasteiger partial charge in [-0.2, -0.15) is 0 Å². The van der Waals surface area contributed by atoms with Crippen LogP contribution in [-0.2, 0) is 15.6 Å². The Morgan fingerprint density at radius 3 is 2.44 bits per heavy atom. The van der Waals surface area contributed by atoms with Gasteiger partial charge in [0.15, 0.2) is 15.0 Å². The number of thioether (sulfide) groups is 1. The van der Waals surface area contributed by atoms with Crippen LogP contribution in [0.1, 0.15) is 5.56 Å². The molecule has 0 aliphatic carbocycles. The number of halogens is 3. The molecular weight excluding hydrogens is 447 g/mol. The van der Waals surface area contributed by atoms with E-state index in [1.165, 1.54) is 0 Å². The van der Waals surface area contributed by atoms with E-state index >= 15 is 0 Å². The van der Waals surface area contributed by atoms with E-state index in [0.29, 0.717) is 20.8 Å². The number of benzene rings is 2. The smallest absolute Gasteiger partial charge is 0.164 e. The molecule has 4 nitrogen and oxygen atoms in total. The first-order chi connectivity index (χ1) is 12.8. The molecule has 2 aliphatic rings. The summed E-state index contributed by atoms with van der Waals surface area (Å²) in [6.07, 6.45) is 0. The average molecular weight is 462 g/mol. The molecule has 0 radical (unpaired) electrons. The first-order valence-electron chi connectivity index (χ1n) is 8.22. The van der Waals surface area contributed by atoms with E-state index in [1.54, 1.807) is 36.0 Å². The Morgan fingerprint density at radius 1 is 1.04 bits per heavy atom. The Balaban J connectivity index is 1.61. The van der Waals surface area contributed by atoms with Crippen LogP contribution in [0, 0.1) is 0 Å². The second-order valence-electron chi connectivity index (χ2n) is 6.49. The highest BCUT2D eigenvalue weighted by Gasteiger charge is 2.47. The average Bonchev–Trinajstić information content (AvgIpc) is 3.06. The van der Waals surface area contributed by atoms with Crippen molar-refractivity contribution in [3.8, 4) is 0 Å². The number of rotatable bonds is 3. The number of aliphatic imine (C=N–C) groups is 1. The molecule has 0 N–H and O–H groups in total. The first-order valence-corrected chi connectivity index (χ1v) is 12.2. The third-order valence-electron chi connectivity index (χ3n) is 4.58. The summed E-state index contributed by atoms with van der Waals surface area (Å²) < 4.78 is 24.2. The van der Waals surface area contributed by atoms with Gasteiger partial charge in [-0.25, -0.2) is 8.42 Å². The van der Waals surface area contributed by atoms with Crippen molar-refractivity contribution in [1.29, 1.82) is 0 Å². The SMILES string of the molecule is O=S1(=O)C[C@@H]2[C@@H](C1)N=C(SCc1ccc(Cl)cc1Cl)N2c1ccc(Cl)cc1. The fourth-order valence-electron chi connectivity index (χ4n) is 3.32. The Bertz CT molecular complexity index is 1010. The molecule has 0 saturated carbocycles. The summed E-state index contributed by atoms with van der Waals surface area (Å²) in [5.41, 5.74) is 1.84. The van der Waals surface area contributed by atoms with E-state index < -0.39 is 9.84 Å². The van der Waals surface area contributed by atoms with Gasteiger partial charge in [0.25, 0.3) is 0 Å². The minimum Gasteiger partial charge on any atom is -0.315 e. The molecule has 0 spiro atoms. The van der Waals surface area contributed by atoms with Crippen molar-refractivity contribution in [1.82, 2.24) is 0 Å². The van der Waals surface area contributed by atoms with Crippen LogP contribution in [0.3, 0.4) is 0 Å². The summed E-state index contributed by atoms with van der Waals surface area (Å²) in [6.45, 7) is 0. The molecular formula is C18H15Cl3N2O2S2. The maximum Gasteiger partial charge on any atom is 0.164 e. The maximum absolute atomic E-state index is 12.1. The van der Waals surface area contributed by atoms with Crippen molar-refractivity contribution in [2.45, 2.75) is 17.8 Å². The zero-order valence-corrected chi connectivity index (χ0v) is 17.9. The third kappa shape index (κ3) is 4.10. The van der Waals surface area contributed by atoms with Crippen LogP contribution in [-0.4, -0.2) is 37.2 Å². The standard InChI is InChI=1S/C18H15Cl3N2O2S2/c19-12-3-5-14(6-4-12)23-17-10-27(24,25)9-16(17)22-18(23)26-8-11-1-2-13(20)7-15(11)21/h1-7,16-17H,8-10H2/t16-,17-/m1/s1. The van der Waals surface area contributed by atoms with Gasteiger partial charge in [0, 0.05) is 26.5 Å². The normalized spacial score (nSPS) is 23.4. The number of amidine groups is 1. The van der Waals surface area contributed by atoms with Gasteiger partial charge in [0.2, 0.25) is 0 Å². The maximum atomic E-state index is 12.1. The predicted molar refractivity (Wildman–Crippen MR) is 115 cm³/mol. The summed E-state index contributed by atoms with van der Waals surface area (Å²) in [4.78, 5) is 6.73. The third-order valence-corrected chi connectivity index (χ3v) is 8.14. The minimum atomic E-state index is -3.08. The lowest BCUT2D eigenvalue weighted by Crippen LogP contribution is -2.39. The molecule has 142 valence electrons. The van der Waals surface area contributed by atoms with Gasteiger partial charge < -0.3 is 4.90 Å². The van der Waals surface area contributed by atoms with Crippen LogP contribution in [0.2, 0.25) is 15.1 Å². The van der Waals surface area contributed by atoms with Gasteiger partial charge >= 0.3 is 0 Å². The van der Waals surface area contributed by atoms with Gasteiger partial charge in [-0.15, -0.1) is 0 Å². The zero-order valence-electron chi connectivity index (χ0n) is 14.0. The van der Waals surface area contributed by atoms with E-state index in [9.17, 15) is 8.42 Å². The van der Waals surface area contributed by atoms with Crippen LogP contribution in [0.5, 0.6) is 0 Å². The quantitative estimate of drug-likeness (QED) is 0.651. The van der Waals surface area contributed by atoms with Gasteiger partial charge in [0.1, 0.15) is 0 Å². The number of hydrogen-bond acceptors (Lipinski definition) is 5. The van der Waals surface area contributed by atoms with Crippen LogP contribution in [0.15, 0.2) is 47.5 Å². The van der Waals surface area contributed by atoms with Gasteiger partial charge in [-0.3, -0.25) is 4.99 Å². The molecule has 1 fully saturated rings. The second-order valence-corrected chi connectivity index (χ2v) is 10.9. The van der Waals surface area contributed by atoms with Crippen LogP contribution in [0.25, 0.3) is 0 Å². The van der Waals surface area contributed by atoms with Crippen LogP contribution >= 0.6 is 46.6 Å². The first kappa shape index (κ1) is 19.4. The predicted octanol–water partition coefficient (Wildman–Crippen LogP) is 4.92. The Hall–Kier alpha value is -0.920. The summed E-state index contributed by atoms with van der Waals surface area (Å²) in [6, 6.07) is 12.4. The largest absolute Gasteiger partial charge is 0.315 e. The zero-order chi connectivity index (χ0) is 19.2. The van der Waals surface area contributed by atoms with Gasteiger partial charge in [0.05, 0.1) is 23.6 Å². The highest BCUT2D eigenvalue weighted by Crippen LogP contribution is 2.37. The van der Waals surface area contributed by atoms with E-state index in [2.05, 4.69) is 0 Å². The molecule has 2 aromatic carbocycles. The summed E-state index contributed by atoms with van der Waals surface area (Å²) >= 11 is 19.8. The number of sulfone groups is 1. The highest BCUT2D eigenvalue weighted by molar-refractivity contribution is 8.13. The fraction of sp³-hybridized carbons (Fsp3) is 0.278. The fourth-order valence-corrected chi connectivity index (χ4v) is 6.97. The minimum absolute atomic E-state index is 0.0908. The number of anilines is 1. The monoisotopic (exact) mass is 460 g/mol. The lowest BCUT2D eigenvalue weighted by atomic mass is 10.1. The topological polar surface area (TPSA) is 49.7 Å². The second kappa shape index (κ2) is 7.48. The molecule has 2 atom stereocenters. The lowest BCUT2D eigenvalue weighted by Gasteiger charge is -2.26. The van der Waals surface area contributed by atoms with Crippen molar-refractivity contribution in [3.05, 3.63) is 63.1 Å². The molecule has 0 bridgehead atoms. The molecule has 2 aromatic rings. The van der Waals surface area contributed by atoms with Gasteiger partial charge in [-0.05, 0) is 42.0 Å². The van der Waals surface area contributed by atoms with Crippen molar-refractivity contribution in [2.24, 2.45) is 4.99 Å². The molecule has 0 aromatic heterocycles. The summed E-state index contributed by atoms with van der Waals surface area (Å²) in [5.74, 6) is 0.814. The molecule has 1 saturated heterocycles. The van der Waals surface area contributed by atoms with Gasteiger partial charge in [-0.1, -0.05) is 52.6 Å². The number of fused-ring (bicyclic) bond motifs is 1. The Morgan fingerprint density at radius 2 is 1.74 bits per heavy atom. The molecule has 9 heteroatoms. The van der Waals surface area contributed by atoms with E-state index in [0.717, 1.165) is 16.4 Å². The van der Waals surface area contributed by atoms with Crippen molar-refractivity contribution in [2.75, 3.05) is 16.4 Å². The molecule has 0 unspecified atom stereocenters. The number of nitrogens with zero attached hydrogens (tertiary/aromatic N) is 2. The van der Waals surface area contributed by atoms with E-state index in [4.69, 9.17) is 39.8 Å². The van der Waals surface area contributed by atoms with E-state index in [-0.39, 0.29) is 23.6 Å². The van der Waals surface area contributed by atoms with Crippen molar-refractivity contribution >= 4 is 67.3 Å². The van der Waals surface area contributed by atoms with Crippen LogP contribution in [0.4, 0.5) is 5.69 Å². The lowest BCUT2D eigenvalue weighted by molar-refractivity contribution is 0.601. The Labute approximate surface area is 177 Å². The molecule has 2 aliphatic heterocycles. The van der Waals surface area contributed by atoms with Crippen molar-refractivity contribution < 1.29 is 8.42 Å². The number of hydrogen-bond donors (Lipinski definition) is 0. The summed E-state index contributed by atoms with van der Waals surface area (Å²) in [7, 11) is -3.08. The Kier molecular flexibility index (Phi) is 5.38. The highest BCUT2D eigenvalue weighted by atomic mass is 35.5. The van der Waals surface area contributed by atoms with Crippen molar-refractivity contribution in [3.63, 3.8) is 0 Å². The molecule has 0 amide bonds. The van der Waals surface area contributed by atoms with E-state index in [1.807, 2.05) is 23.1 Å². The molecule has 4 rings (SSSR count). The molecule has 27 heavy (non-hydrogen) atoms. The summed E-state index contributed by atoms with van der Waals surface area (Å²) in [5, 5.41) is 2.63. The van der Waals surface area contributed by atoms with Crippen LogP contribution < -0.4 is 4.90 Å². The molecule has 2 heterocycles.